The second-order valence-electron chi connectivity index (χ2n) is 4.93. The quantitative estimate of drug-likeness (QED) is 0.858. The molecule has 0 amide bonds. The maximum Gasteiger partial charge on any atom is 0.130 e. The molecule has 6 heteroatoms. The number of hydrogen-bond acceptors (Lipinski definition) is 2. The Labute approximate surface area is 140 Å². The molecule has 0 aliphatic rings. The minimum absolute atomic E-state index is 0.00315. The van der Waals surface area contributed by atoms with Gasteiger partial charge in [0.15, 0.2) is 0 Å². The van der Waals surface area contributed by atoms with Gasteiger partial charge in [-0.15, -0.1) is 0 Å². The standard InChI is InChI=1S/C15H18Cl3N3/c1-4-19-13(14-11(16)6-5-7-12(14)17)8-10-9(2)20-21(3)15(10)18/h5-7,13,19H,4,8H2,1-3H3. The third kappa shape index (κ3) is 3.54. The Hall–Kier alpha value is -0.740. The minimum atomic E-state index is -0.00315. The van der Waals surface area contributed by atoms with Crippen molar-refractivity contribution >= 4 is 34.8 Å². The normalized spacial score (nSPS) is 12.7. The van der Waals surface area contributed by atoms with E-state index in [1.165, 1.54) is 0 Å². The maximum absolute atomic E-state index is 6.33. The van der Waals surface area contributed by atoms with Gasteiger partial charge in [-0.2, -0.15) is 5.10 Å². The molecule has 2 aromatic rings. The Balaban J connectivity index is 2.40. The van der Waals surface area contributed by atoms with Crippen molar-refractivity contribution in [3.63, 3.8) is 0 Å². The van der Waals surface area contributed by atoms with Crippen LogP contribution in [-0.4, -0.2) is 16.3 Å². The van der Waals surface area contributed by atoms with Crippen LogP contribution in [0.15, 0.2) is 18.2 Å². The summed E-state index contributed by atoms with van der Waals surface area (Å²) in [5.41, 5.74) is 2.84. The Morgan fingerprint density at radius 2 is 1.86 bits per heavy atom. The second-order valence-corrected chi connectivity index (χ2v) is 6.10. The number of aryl methyl sites for hydroxylation is 2. The molecular formula is C15H18Cl3N3. The molecular weight excluding hydrogens is 329 g/mol. The van der Waals surface area contributed by atoms with Gasteiger partial charge in [0.05, 0.1) is 5.69 Å². The van der Waals surface area contributed by atoms with Crippen molar-refractivity contribution < 1.29 is 0 Å². The van der Waals surface area contributed by atoms with Crippen molar-refractivity contribution in [3.05, 3.63) is 50.2 Å². The average molecular weight is 347 g/mol. The van der Waals surface area contributed by atoms with Crippen molar-refractivity contribution in [1.82, 2.24) is 15.1 Å². The smallest absolute Gasteiger partial charge is 0.130 e. The van der Waals surface area contributed by atoms with Gasteiger partial charge in [0.2, 0.25) is 0 Å². The van der Waals surface area contributed by atoms with Crippen LogP contribution in [-0.2, 0) is 13.5 Å². The summed E-state index contributed by atoms with van der Waals surface area (Å²) >= 11 is 19.0. The van der Waals surface area contributed by atoms with Gasteiger partial charge in [0.25, 0.3) is 0 Å². The molecule has 114 valence electrons. The SMILES string of the molecule is CCNC(Cc1c(C)nn(C)c1Cl)c1c(Cl)cccc1Cl. The van der Waals surface area contributed by atoms with E-state index >= 15 is 0 Å². The van der Waals surface area contributed by atoms with Gasteiger partial charge in [-0.25, -0.2) is 0 Å². The van der Waals surface area contributed by atoms with Crippen LogP contribution >= 0.6 is 34.8 Å². The van der Waals surface area contributed by atoms with Crippen molar-refractivity contribution in [2.45, 2.75) is 26.3 Å². The zero-order chi connectivity index (χ0) is 15.6. The predicted octanol–water partition coefficient (Wildman–Crippen LogP) is 4.58. The average Bonchev–Trinajstić information content (AvgIpc) is 2.65. The molecule has 1 aromatic heterocycles. The number of nitrogens with zero attached hydrogens (tertiary/aromatic N) is 2. The van der Waals surface area contributed by atoms with Gasteiger partial charge in [-0.05, 0) is 32.0 Å². The molecule has 1 aromatic carbocycles. The second kappa shape index (κ2) is 7.01. The Kier molecular flexibility index (Phi) is 5.55. The largest absolute Gasteiger partial charge is 0.310 e. The lowest BCUT2D eigenvalue weighted by atomic mass is 9.99. The molecule has 0 aliphatic carbocycles. The summed E-state index contributed by atoms with van der Waals surface area (Å²) in [6, 6.07) is 5.55. The molecule has 0 saturated heterocycles. The van der Waals surface area contributed by atoms with Gasteiger partial charge in [0.1, 0.15) is 5.15 Å². The number of rotatable bonds is 5. The molecule has 1 atom stereocenters. The first-order valence-electron chi connectivity index (χ1n) is 6.81. The zero-order valence-electron chi connectivity index (χ0n) is 12.3. The molecule has 1 unspecified atom stereocenters. The number of likely N-dealkylation sites (N-methyl/N-ethyl adjacent to an activating group) is 1. The molecule has 0 fully saturated rings. The van der Waals surface area contributed by atoms with Crippen molar-refractivity contribution in [2.24, 2.45) is 7.05 Å². The fraction of sp³-hybridized carbons (Fsp3) is 0.400. The van der Waals surface area contributed by atoms with E-state index in [0.717, 1.165) is 23.4 Å². The third-order valence-electron chi connectivity index (χ3n) is 3.48. The molecule has 21 heavy (non-hydrogen) atoms. The van der Waals surface area contributed by atoms with Crippen molar-refractivity contribution in [1.29, 1.82) is 0 Å². The van der Waals surface area contributed by atoms with Gasteiger partial charge in [-0.1, -0.05) is 47.8 Å². The van der Waals surface area contributed by atoms with Crippen LogP contribution in [0.25, 0.3) is 0 Å². The molecule has 0 aliphatic heterocycles. The molecule has 0 bridgehead atoms. The fourth-order valence-electron chi connectivity index (χ4n) is 2.48. The molecule has 3 nitrogen and oxygen atoms in total. The third-order valence-corrected chi connectivity index (χ3v) is 4.61. The fourth-order valence-corrected chi connectivity index (χ4v) is 3.39. The lowest BCUT2D eigenvalue weighted by Crippen LogP contribution is -2.24. The van der Waals surface area contributed by atoms with Crippen molar-refractivity contribution in [2.75, 3.05) is 6.54 Å². The summed E-state index contributed by atoms with van der Waals surface area (Å²) in [7, 11) is 1.84. The van der Waals surface area contributed by atoms with Crippen LogP contribution < -0.4 is 5.32 Å². The van der Waals surface area contributed by atoms with E-state index in [0.29, 0.717) is 21.6 Å². The van der Waals surface area contributed by atoms with Gasteiger partial charge >= 0.3 is 0 Å². The topological polar surface area (TPSA) is 29.9 Å². The van der Waals surface area contributed by atoms with Crippen LogP contribution in [0.1, 0.15) is 29.8 Å². The highest BCUT2D eigenvalue weighted by Crippen LogP contribution is 2.34. The number of halogens is 3. The molecule has 0 spiro atoms. The van der Waals surface area contributed by atoms with E-state index in [1.807, 2.05) is 32.2 Å². The first kappa shape index (κ1) is 16.6. The Morgan fingerprint density at radius 3 is 2.33 bits per heavy atom. The highest BCUT2D eigenvalue weighted by molar-refractivity contribution is 6.36. The first-order chi connectivity index (χ1) is 9.95. The summed E-state index contributed by atoms with van der Waals surface area (Å²) in [5.74, 6) is 0. The predicted molar refractivity (Wildman–Crippen MR) is 89.5 cm³/mol. The monoisotopic (exact) mass is 345 g/mol. The number of hydrogen-bond donors (Lipinski definition) is 1. The van der Waals surface area contributed by atoms with Gasteiger partial charge < -0.3 is 5.32 Å². The summed E-state index contributed by atoms with van der Waals surface area (Å²) in [6.07, 6.45) is 0.690. The van der Waals surface area contributed by atoms with E-state index in [2.05, 4.69) is 17.3 Å². The van der Waals surface area contributed by atoms with Crippen LogP contribution in [0.3, 0.4) is 0 Å². The maximum atomic E-state index is 6.33. The summed E-state index contributed by atoms with van der Waals surface area (Å²) in [5, 5.41) is 9.75. The van der Waals surface area contributed by atoms with Crippen LogP contribution in [0, 0.1) is 6.92 Å². The molecule has 0 radical (unpaired) electrons. The molecule has 1 heterocycles. The van der Waals surface area contributed by atoms with Crippen LogP contribution in [0.4, 0.5) is 0 Å². The highest BCUT2D eigenvalue weighted by atomic mass is 35.5. The van der Waals surface area contributed by atoms with E-state index in [1.54, 1.807) is 4.68 Å². The summed E-state index contributed by atoms with van der Waals surface area (Å²) in [4.78, 5) is 0. The number of nitrogens with one attached hydrogen (secondary N) is 1. The number of benzene rings is 1. The Morgan fingerprint density at radius 1 is 1.24 bits per heavy atom. The number of aromatic nitrogens is 2. The van der Waals surface area contributed by atoms with Gasteiger partial charge in [-0.3, -0.25) is 4.68 Å². The van der Waals surface area contributed by atoms with Crippen LogP contribution in [0.5, 0.6) is 0 Å². The first-order valence-corrected chi connectivity index (χ1v) is 7.94. The van der Waals surface area contributed by atoms with Crippen LogP contribution in [0.2, 0.25) is 15.2 Å². The van der Waals surface area contributed by atoms with Gasteiger partial charge in [0, 0.05) is 34.3 Å². The van der Waals surface area contributed by atoms with Crippen molar-refractivity contribution in [3.8, 4) is 0 Å². The molecule has 0 saturated carbocycles. The summed E-state index contributed by atoms with van der Waals surface area (Å²) < 4.78 is 1.68. The van der Waals surface area contributed by atoms with E-state index < -0.39 is 0 Å². The minimum Gasteiger partial charge on any atom is -0.310 e. The van der Waals surface area contributed by atoms with E-state index in [9.17, 15) is 0 Å². The van der Waals surface area contributed by atoms with E-state index in [-0.39, 0.29) is 6.04 Å². The highest BCUT2D eigenvalue weighted by Gasteiger charge is 2.21. The van der Waals surface area contributed by atoms with E-state index in [4.69, 9.17) is 34.8 Å². The molecule has 1 N–H and O–H groups in total. The Bertz CT molecular complexity index is 617. The summed E-state index contributed by atoms with van der Waals surface area (Å²) in [6.45, 7) is 4.82. The molecule has 2 rings (SSSR count). The zero-order valence-corrected chi connectivity index (χ0v) is 14.5. The lowest BCUT2D eigenvalue weighted by molar-refractivity contribution is 0.549. The lowest BCUT2D eigenvalue weighted by Gasteiger charge is -2.21.